The summed E-state index contributed by atoms with van der Waals surface area (Å²) in [5.41, 5.74) is -1.56. The highest BCUT2D eigenvalue weighted by Crippen LogP contribution is 2.36. The third-order valence-corrected chi connectivity index (χ3v) is 3.59. The number of anilines is 2. The van der Waals surface area contributed by atoms with Gasteiger partial charge in [-0.05, 0) is 30.3 Å². The first-order valence-corrected chi connectivity index (χ1v) is 7.51. The third kappa shape index (κ3) is 4.81. The van der Waals surface area contributed by atoms with Crippen molar-refractivity contribution in [2.45, 2.75) is 12.6 Å². The van der Waals surface area contributed by atoms with Gasteiger partial charge in [0.25, 0.3) is 0 Å². The summed E-state index contributed by atoms with van der Waals surface area (Å²) < 4.78 is 77.6. The number of carbonyl (C=O) groups is 1. The van der Waals surface area contributed by atoms with E-state index in [-0.39, 0.29) is 24.3 Å². The number of hydrogen-bond acceptors (Lipinski definition) is 2. The largest absolute Gasteiger partial charge is 0.417 e. The van der Waals surface area contributed by atoms with Crippen molar-refractivity contribution in [1.82, 2.24) is 0 Å². The zero-order valence-corrected chi connectivity index (χ0v) is 13.6. The second-order valence-electron chi connectivity index (χ2n) is 5.14. The molecule has 3 nitrogen and oxygen atoms in total. The fourth-order valence-electron chi connectivity index (χ4n) is 2.02. The van der Waals surface area contributed by atoms with Gasteiger partial charge in [0, 0.05) is 18.7 Å². The van der Waals surface area contributed by atoms with E-state index < -0.39 is 40.1 Å². The van der Waals surface area contributed by atoms with Crippen LogP contribution in [0, 0.1) is 17.5 Å². The molecule has 0 aromatic heterocycles. The summed E-state index contributed by atoms with van der Waals surface area (Å²) in [4.78, 5) is 11.8. The molecule has 1 amide bonds. The highest BCUT2D eigenvalue weighted by Gasteiger charge is 2.33. The third-order valence-electron chi connectivity index (χ3n) is 3.26. The standard InChI is InChI=1S/C16H11ClF6N2O/c17-10-2-1-8(7-9(10)16(21,22)23)25-13(26)5-6-24-12-4-3-11(18)14(19)15(12)20/h1-4,7,24H,5-6H2,(H,25,26). The van der Waals surface area contributed by atoms with Crippen LogP contribution < -0.4 is 10.6 Å². The van der Waals surface area contributed by atoms with Crippen molar-refractivity contribution in [2.75, 3.05) is 17.2 Å². The van der Waals surface area contributed by atoms with Crippen LogP contribution >= 0.6 is 11.6 Å². The summed E-state index contributed by atoms with van der Waals surface area (Å²) in [6.07, 6.45) is -4.94. The minimum absolute atomic E-state index is 0.120. The van der Waals surface area contributed by atoms with Gasteiger partial charge in [0.1, 0.15) is 0 Å². The van der Waals surface area contributed by atoms with E-state index in [0.717, 1.165) is 12.1 Å². The lowest BCUT2D eigenvalue weighted by Gasteiger charge is -2.12. The minimum Gasteiger partial charge on any atom is -0.382 e. The molecule has 2 aromatic rings. The summed E-state index contributed by atoms with van der Waals surface area (Å²) in [5.74, 6) is -5.11. The Morgan fingerprint density at radius 3 is 2.38 bits per heavy atom. The van der Waals surface area contributed by atoms with Crippen LogP contribution in [0.3, 0.4) is 0 Å². The lowest BCUT2D eigenvalue weighted by atomic mass is 10.2. The SMILES string of the molecule is O=C(CCNc1ccc(F)c(F)c1F)Nc1ccc(Cl)c(C(F)(F)F)c1. The van der Waals surface area contributed by atoms with Crippen molar-refractivity contribution < 1.29 is 31.1 Å². The summed E-state index contributed by atoms with van der Waals surface area (Å²) in [5, 5.41) is 4.13. The number of benzene rings is 2. The highest BCUT2D eigenvalue weighted by molar-refractivity contribution is 6.31. The zero-order valence-electron chi connectivity index (χ0n) is 12.9. The average Bonchev–Trinajstić information content (AvgIpc) is 2.55. The molecule has 0 bridgehead atoms. The van der Waals surface area contributed by atoms with Gasteiger partial charge in [0.05, 0.1) is 16.3 Å². The maximum atomic E-state index is 13.4. The zero-order chi connectivity index (χ0) is 19.5. The van der Waals surface area contributed by atoms with E-state index in [0.29, 0.717) is 12.1 Å². The lowest BCUT2D eigenvalue weighted by molar-refractivity contribution is -0.137. The Bertz CT molecular complexity index is 825. The molecule has 0 saturated carbocycles. The number of nitrogens with one attached hydrogen (secondary N) is 2. The molecule has 0 aliphatic carbocycles. The Labute approximate surface area is 149 Å². The van der Waals surface area contributed by atoms with Crippen molar-refractivity contribution in [3.8, 4) is 0 Å². The minimum atomic E-state index is -4.68. The first-order valence-electron chi connectivity index (χ1n) is 7.13. The quantitative estimate of drug-likeness (QED) is 0.537. The summed E-state index contributed by atoms with van der Waals surface area (Å²) in [7, 11) is 0. The van der Waals surface area contributed by atoms with E-state index in [1.54, 1.807) is 0 Å². The number of alkyl halides is 3. The van der Waals surface area contributed by atoms with Gasteiger partial charge >= 0.3 is 6.18 Å². The Kier molecular flexibility index (Phi) is 6.01. The van der Waals surface area contributed by atoms with E-state index in [2.05, 4.69) is 10.6 Å². The van der Waals surface area contributed by atoms with Crippen LogP contribution in [-0.4, -0.2) is 12.5 Å². The van der Waals surface area contributed by atoms with Gasteiger partial charge in [-0.2, -0.15) is 13.2 Å². The van der Waals surface area contributed by atoms with Gasteiger partial charge in [0.2, 0.25) is 5.91 Å². The normalized spacial score (nSPS) is 11.3. The van der Waals surface area contributed by atoms with Crippen molar-refractivity contribution in [1.29, 1.82) is 0 Å². The van der Waals surface area contributed by atoms with E-state index in [1.165, 1.54) is 6.07 Å². The summed E-state index contributed by atoms with van der Waals surface area (Å²) in [6, 6.07) is 4.54. The average molecular weight is 397 g/mol. The van der Waals surface area contributed by atoms with Crippen LogP contribution in [0.4, 0.5) is 37.7 Å². The van der Waals surface area contributed by atoms with Crippen LogP contribution in [0.1, 0.15) is 12.0 Å². The number of halogens is 7. The molecule has 0 atom stereocenters. The van der Waals surface area contributed by atoms with Crippen molar-refractivity contribution in [3.63, 3.8) is 0 Å². The summed E-state index contributed by atoms with van der Waals surface area (Å²) in [6.45, 7) is -0.159. The van der Waals surface area contributed by atoms with Gasteiger partial charge in [-0.3, -0.25) is 4.79 Å². The van der Waals surface area contributed by atoms with Crippen molar-refractivity contribution in [3.05, 3.63) is 58.4 Å². The Hall–Kier alpha value is -2.42. The number of amides is 1. The Morgan fingerprint density at radius 2 is 1.73 bits per heavy atom. The second-order valence-corrected chi connectivity index (χ2v) is 5.55. The summed E-state index contributed by atoms with van der Waals surface area (Å²) >= 11 is 5.47. The van der Waals surface area contributed by atoms with E-state index in [4.69, 9.17) is 11.6 Å². The van der Waals surface area contributed by atoms with E-state index >= 15 is 0 Å². The maximum absolute atomic E-state index is 13.4. The Morgan fingerprint density at radius 1 is 1.04 bits per heavy atom. The van der Waals surface area contributed by atoms with Crippen molar-refractivity contribution >= 4 is 28.9 Å². The number of carbonyl (C=O) groups excluding carboxylic acids is 1. The monoisotopic (exact) mass is 396 g/mol. The molecule has 0 unspecified atom stereocenters. The van der Waals surface area contributed by atoms with Gasteiger partial charge < -0.3 is 10.6 Å². The number of rotatable bonds is 5. The fraction of sp³-hybridized carbons (Fsp3) is 0.188. The molecule has 0 heterocycles. The molecule has 0 fully saturated rings. The van der Waals surface area contributed by atoms with E-state index in [9.17, 15) is 31.1 Å². The molecular formula is C16H11ClF6N2O. The van der Waals surface area contributed by atoms with Crippen LogP contribution in [0.2, 0.25) is 5.02 Å². The van der Waals surface area contributed by atoms with Crippen LogP contribution in [-0.2, 0) is 11.0 Å². The molecule has 0 radical (unpaired) electrons. The first kappa shape index (κ1) is 19.9. The van der Waals surface area contributed by atoms with Gasteiger partial charge in [-0.1, -0.05) is 11.6 Å². The Balaban J connectivity index is 1.95. The number of hydrogen-bond donors (Lipinski definition) is 2. The molecule has 2 rings (SSSR count). The molecule has 0 saturated heterocycles. The van der Waals surface area contributed by atoms with Crippen LogP contribution in [0.5, 0.6) is 0 Å². The molecule has 140 valence electrons. The molecule has 0 aliphatic heterocycles. The highest BCUT2D eigenvalue weighted by atomic mass is 35.5. The smallest absolute Gasteiger partial charge is 0.382 e. The topological polar surface area (TPSA) is 41.1 Å². The maximum Gasteiger partial charge on any atom is 0.417 e. The lowest BCUT2D eigenvalue weighted by Crippen LogP contribution is -2.17. The second kappa shape index (κ2) is 7.86. The fourth-order valence-corrected chi connectivity index (χ4v) is 2.24. The molecular weight excluding hydrogens is 386 g/mol. The van der Waals surface area contributed by atoms with Gasteiger partial charge in [-0.15, -0.1) is 0 Å². The first-order chi connectivity index (χ1) is 12.1. The molecule has 10 heteroatoms. The molecule has 2 N–H and O–H groups in total. The van der Waals surface area contributed by atoms with E-state index in [1.807, 2.05) is 0 Å². The predicted octanol–water partition coefficient (Wildman–Crippen LogP) is 5.22. The van der Waals surface area contributed by atoms with Gasteiger partial charge in [0.15, 0.2) is 17.5 Å². The van der Waals surface area contributed by atoms with Crippen LogP contribution in [0.15, 0.2) is 30.3 Å². The van der Waals surface area contributed by atoms with Crippen molar-refractivity contribution in [2.24, 2.45) is 0 Å². The van der Waals surface area contributed by atoms with Gasteiger partial charge in [-0.25, -0.2) is 13.2 Å². The van der Waals surface area contributed by atoms with Crippen LogP contribution in [0.25, 0.3) is 0 Å². The molecule has 0 spiro atoms. The molecule has 0 aliphatic rings. The molecule has 2 aromatic carbocycles. The predicted molar refractivity (Wildman–Crippen MR) is 84.5 cm³/mol. The molecule has 26 heavy (non-hydrogen) atoms.